The zero-order chi connectivity index (χ0) is 18.4. The number of nitrogens with one attached hydrogen (secondary N) is 2. The van der Waals surface area contributed by atoms with Gasteiger partial charge in [-0.25, -0.2) is 4.98 Å². The Labute approximate surface area is 150 Å². The molecule has 1 fully saturated rings. The molecule has 25 heavy (non-hydrogen) atoms. The molecule has 0 unspecified atom stereocenters. The van der Waals surface area contributed by atoms with Crippen LogP contribution in [-0.2, 0) is 4.79 Å². The van der Waals surface area contributed by atoms with Gasteiger partial charge in [0.2, 0.25) is 5.91 Å². The fourth-order valence-electron chi connectivity index (χ4n) is 2.99. The molecule has 6 nitrogen and oxygen atoms in total. The van der Waals surface area contributed by atoms with Crippen molar-refractivity contribution in [2.45, 2.75) is 59.0 Å². The third kappa shape index (κ3) is 5.73. The SMILES string of the molecule is CC(C)CC(=O)N1CCC(NC(=O)c2cccnc2NC(C)C)CC1. The van der Waals surface area contributed by atoms with Gasteiger partial charge in [0.05, 0.1) is 5.56 Å². The molecule has 2 heterocycles. The minimum Gasteiger partial charge on any atom is -0.367 e. The second-order valence-electron chi connectivity index (χ2n) is 7.43. The second kappa shape index (κ2) is 8.83. The van der Waals surface area contributed by atoms with Gasteiger partial charge >= 0.3 is 0 Å². The first-order chi connectivity index (χ1) is 11.9. The predicted octanol–water partition coefficient (Wildman–Crippen LogP) is 2.67. The van der Waals surface area contributed by atoms with E-state index in [0.29, 0.717) is 36.8 Å². The Balaban J connectivity index is 1.90. The molecule has 2 N–H and O–H groups in total. The average molecular weight is 346 g/mol. The van der Waals surface area contributed by atoms with Crippen LogP contribution in [0.2, 0.25) is 0 Å². The van der Waals surface area contributed by atoms with Crippen molar-refractivity contribution in [3.8, 4) is 0 Å². The van der Waals surface area contributed by atoms with Crippen molar-refractivity contribution in [3.05, 3.63) is 23.9 Å². The number of hydrogen-bond donors (Lipinski definition) is 2. The molecule has 1 aromatic rings. The third-order valence-electron chi connectivity index (χ3n) is 4.24. The monoisotopic (exact) mass is 346 g/mol. The van der Waals surface area contributed by atoms with Crippen molar-refractivity contribution in [1.82, 2.24) is 15.2 Å². The van der Waals surface area contributed by atoms with Crippen LogP contribution in [0.4, 0.5) is 5.82 Å². The van der Waals surface area contributed by atoms with Crippen molar-refractivity contribution >= 4 is 17.6 Å². The summed E-state index contributed by atoms with van der Waals surface area (Å²) in [5.41, 5.74) is 0.564. The molecule has 0 bridgehead atoms. The summed E-state index contributed by atoms with van der Waals surface area (Å²) >= 11 is 0. The van der Waals surface area contributed by atoms with Crippen LogP contribution in [0.5, 0.6) is 0 Å². The summed E-state index contributed by atoms with van der Waals surface area (Å²) in [6.07, 6.45) is 3.86. The molecule has 2 rings (SSSR count). The molecule has 0 spiro atoms. The van der Waals surface area contributed by atoms with E-state index in [1.54, 1.807) is 18.3 Å². The molecule has 1 aliphatic rings. The normalized spacial score (nSPS) is 15.5. The molecule has 0 aliphatic carbocycles. The lowest BCUT2D eigenvalue weighted by atomic mass is 10.0. The van der Waals surface area contributed by atoms with Crippen molar-refractivity contribution < 1.29 is 9.59 Å². The maximum absolute atomic E-state index is 12.6. The molecule has 1 aliphatic heterocycles. The quantitative estimate of drug-likeness (QED) is 0.830. The van der Waals surface area contributed by atoms with E-state index < -0.39 is 0 Å². The minimum absolute atomic E-state index is 0.0997. The second-order valence-corrected chi connectivity index (χ2v) is 7.43. The van der Waals surface area contributed by atoms with Crippen LogP contribution in [0.15, 0.2) is 18.3 Å². The fraction of sp³-hybridized carbons (Fsp3) is 0.632. The summed E-state index contributed by atoms with van der Waals surface area (Å²) in [5, 5.41) is 6.30. The molecule has 138 valence electrons. The van der Waals surface area contributed by atoms with Gasteiger partial charge in [0, 0.05) is 37.8 Å². The van der Waals surface area contributed by atoms with Crippen LogP contribution >= 0.6 is 0 Å². The van der Waals surface area contributed by atoms with E-state index >= 15 is 0 Å². The number of anilines is 1. The van der Waals surface area contributed by atoms with Gasteiger partial charge in [-0.1, -0.05) is 13.8 Å². The van der Waals surface area contributed by atoms with E-state index in [1.165, 1.54) is 0 Å². The van der Waals surface area contributed by atoms with Crippen LogP contribution in [0.1, 0.15) is 57.3 Å². The average Bonchev–Trinajstić information content (AvgIpc) is 2.54. The Hall–Kier alpha value is -2.11. The van der Waals surface area contributed by atoms with Gasteiger partial charge in [0.25, 0.3) is 5.91 Å². The van der Waals surface area contributed by atoms with Crippen LogP contribution in [0, 0.1) is 5.92 Å². The molecule has 0 radical (unpaired) electrons. The number of aromatic nitrogens is 1. The van der Waals surface area contributed by atoms with Crippen LogP contribution in [0.3, 0.4) is 0 Å². The molecular formula is C19H30N4O2. The summed E-state index contributed by atoms with van der Waals surface area (Å²) in [6, 6.07) is 3.86. The summed E-state index contributed by atoms with van der Waals surface area (Å²) in [6.45, 7) is 9.56. The number of amides is 2. The Kier molecular flexibility index (Phi) is 6.79. The number of likely N-dealkylation sites (tertiary alicyclic amines) is 1. The lowest BCUT2D eigenvalue weighted by molar-refractivity contribution is -0.133. The molecule has 1 aromatic heterocycles. The Morgan fingerprint density at radius 3 is 2.52 bits per heavy atom. The van der Waals surface area contributed by atoms with E-state index in [1.807, 2.05) is 18.7 Å². The Morgan fingerprint density at radius 1 is 1.24 bits per heavy atom. The molecule has 1 saturated heterocycles. The van der Waals surface area contributed by atoms with Crippen LogP contribution in [0.25, 0.3) is 0 Å². The topological polar surface area (TPSA) is 74.3 Å². The Morgan fingerprint density at radius 2 is 1.92 bits per heavy atom. The van der Waals surface area contributed by atoms with Gasteiger partial charge in [0.1, 0.15) is 5.82 Å². The number of rotatable bonds is 6. The van der Waals surface area contributed by atoms with Gasteiger partial charge in [0.15, 0.2) is 0 Å². The minimum atomic E-state index is -0.108. The summed E-state index contributed by atoms with van der Waals surface area (Å²) in [5.74, 6) is 1.10. The highest BCUT2D eigenvalue weighted by Crippen LogP contribution is 2.16. The molecule has 0 saturated carbocycles. The number of hydrogen-bond acceptors (Lipinski definition) is 4. The van der Waals surface area contributed by atoms with E-state index in [2.05, 4.69) is 29.5 Å². The zero-order valence-electron chi connectivity index (χ0n) is 15.7. The Bertz CT molecular complexity index is 593. The van der Waals surface area contributed by atoms with E-state index in [9.17, 15) is 9.59 Å². The third-order valence-corrected chi connectivity index (χ3v) is 4.24. The molecule has 0 atom stereocenters. The van der Waals surface area contributed by atoms with Crippen LogP contribution in [-0.4, -0.2) is 46.9 Å². The molecule has 2 amide bonds. The van der Waals surface area contributed by atoms with Gasteiger partial charge in [-0.3, -0.25) is 9.59 Å². The van der Waals surface area contributed by atoms with Crippen molar-refractivity contribution in [1.29, 1.82) is 0 Å². The lowest BCUT2D eigenvalue weighted by Crippen LogP contribution is -2.46. The summed E-state index contributed by atoms with van der Waals surface area (Å²) in [7, 11) is 0. The highest BCUT2D eigenvalue weighted by molar-refractivity contribution is 5.98. The maximum atomic E-state index is 12.6. The van der Waals surface area contributed by atoms with Crippen molar-refractivity contribution in [2.75, 3.05) is 18.4 Å². The molecular weight excluding hydrogens is 316 g/mol. The first-order valence-electron chi connectivity index (χ1n) is 9.17. The predicted molar refractivity (Wildman–Crippen MR) is 99.5 cm³/mol. The fourth-order valence-corrected chi connectivity index (χ4v) is 2.99. The lowest BCUT2D eigenvalue weighted by Gasteiger charge is -2.33. The largest absolute Gasteiger partial charge is 0.367 e. The van der Waals surface area contributed by atoms with Crippen molar-refractivity contribution in [2.24, 2.45) is 5.92 Å². The smallest absolute Gasteiger partial charge is 0.255 e. The van der Waals surface area contributed by atoms with Crippen LogP contribution < -0.4 is 10.6 Å². The summed E-state index contributed by atoms with van der Waals surface area (Å²) < 4.78 is 0. The summed E-state index contributed by atoms with van der Waals surface area (Å²) in [4.78, 5) is 30.9. The first kappa shape index (κ1) is 19.2. The van der Waals surface area contributed by atoms with Gasteiger partial charge < -0.3 is 15.5 Å². The first-order valence-corrected chi connectivity index (χ1v) is 9.17. The molecule has 0 aromatic carbocycles. The maximum Gasteiger partial charge on any atom is 0.255 e. The van der Waals surface area contributed by atoms with E-state index in [-0.39, 0.29) is 23.9 Å². The molecule has 6 heteroatoms. The van der Waals surface area contributed by atoms with E-state index in [4.69, 9.17) is 0 Å². The zero-order valence-corrected chi connectivity index (χ0v) is 15.7. The highest BCUT2D eigenvalue weighted by atomic mass is 16.2. The van der Waals surface area contributed by atoms with Gasteiger partial charge in [-0.15, -0.1) is 0 Å². The van der Waals surface area contributed by atoms with E-state index in [0.717, 1.165) is 12.8 Å². The number of carbonyl (C=O) groups excluding carboxylic acids is 2. The number of pyridine rings is 1. The highest BCUT2D eigenvalue weighted by Gasteiger charge is 2.25. The van der Waals surface area contributed by atoms with Gasteiger partial charge in [-0.2, -0.15) is 0 Å². The number of nitrogens with zero attached hydrogens (tertiary/aromatic N) is 2. The number of carbonyl (C=O) groups is 2. The van der Waals surface area contributed by atoms with Gasteiger partial charge in [-0.05, 0) is 44.7 Å². The van der Waals surface area contributed by atoms with Crippen molar-refractivity contribution in [3.63, 3.8) is 0 Å². The standard InChI is InChI=1S/C19H30N4O2/c1-13(2)12-17(24)23-10-7-15(8-11-23)22-19(25)16-6-5-9-20-18(16)21-14(3)4/h5-6,9,13-15H,7-8,10-12H2,1-4H3,(H,20,21)(H,22,25). The number of piperidine rings is 1.